The van der Waals surface area contributed by atoms with Gasteiger partial charge in [0.25, 0.3) is 5.91 Å². The molecule has 35 heavy (non-hydrogen) atoms. The van der Waals surface area contributed by atoms with Crippen LogP contribution in [0, 0.1) is 0 Å². The van der Waals surface area contributed by atoms with Crippen LogP contribution in [0.15, 0.2) is 72.8 Å². The van der Waals surface area contributed by atoms with Crippen LogP contribution in [0.3, 0.4) is 0 Å². The Kier molecular flexibility index (Phi) is 8.32. The van der Waals surface area contributed by atoms with E-state index in [0.717, 1.165) is 25.1 Å². The first-order valence-corrected chi connectivity index (χ1v) is 12.7. The van der Waals surface area contributed by atoms with Crippen molar-refractivity contribution in [3.05, 3.63) is 89.5 Å². The zero-order valence-corrected chi connectivity index (χ0v) is 20.8. The third kappa shape index (κ3) is 5.98. The molecule has 4 rings (SSSR count). The highest BCUT2D eigenvalue weighted by Gasteiger charge is 2.28. The number of carbonyl (C=O) groups is 2. The SMILES string of the molecule is CCN(CC)CCCCCc1ccc(CC(=O)N2c3ccccc3NC(=O)c3ccccc32)cc1. The third-order valence-corrected chi connectivity index (χ3v) is 6.74. The quantitative estimate of drug-likeness (QED) is 0.359. The highest BCUT2D eigenvalue weighted by atomic mass is 16.2. The summed E-state index contributed by atoms with van der Waals surface area (Å²) in [6, 6.07) is 23.1. The number of fused-ring (bicyclic) bond motifs is 2. The van der Waals surface area contributed by atoms with Crippen molar-refractivity contribution in [1.29, 1.82) is 0 Å². The smallest absolute Gasteiger partial charge is 0.257 e. The largest absolute Gasteiger partial charge is 0.320 e. The zero-order valence-electron chi connectivity index (χ0n) is 20.8. The summed E-state index contributed by atoms with van der Waals surface area (Å²) in [6.07, 6.45) is 4.98. The molecular formula is C30H35N3O2. The average molecular weight is 470 g/mol. The maximum absolute atomic E-state index is 13.6. The van der Waals surface area contributed by atoms with E-state index < -0.39 is 0 Å². The van der Waals surface area contributed by atoms with E-state index in [1.807, 2.05) is 42.5 Å². The summed E-state index contributed by atoms with van der Waals surface area (Å²) in [5.41, 5.74) is 4.72. The van der Waals surface area contributed by atoms with Crippen LogP contribution in [0.25, 0.3) is 0 Å². The maximum atomic E-state index is 13.6. The lowest BCUT2D eigenvalue weighted by Crippen LogP contribution is -2.28. The molecule has 5 nitrogen and oxygen atoms in total. The highest BCUT2D eigenvalue weighted by Crippen LogP contribution is 2.38. The number of aryl methyl sites for hydroxylation is 1. The van der Waals surface area contributed by atoms with Crippen LogP contribution in [0.2, 0.25) is 0 Å². The molecule has 0 aliphatic carbocycles. The summed E-state index contributed by atoms with van der Waals surface area (Å²) in [6.45, 7) is 7.86. The standard InChI is InChI=1S/C30H35N3O2/c1-3-32(4-2)21-11-5-6-12-23-17-19-24(20-18-23)22-29(34)33-27-15-9-7-13-25(27)30(35)31-26-14-8-10-16-28(26)33/h7-10,13-20H,3-6,11-12,21-22H2,1-2H3,(H,31,35). The lowest BCUT2D eigenvalue weighted by atomic mass is 10.0. The van der Waals surface area contributed by atoms with Gasteiger partial charge in [-0.05, 0) is 74.3 Å². The van der Waals surface area contributed by atoms with Gasteiger partial charge in [-0.25, -0.2) is 0 Å². The predicted octanol–water partition coefficient (Wildman–Crippen LogP) is 6.21. The first-order valence-electron chi connectivity index (χ1n) is 12.7. The topological polar surface area (TPSA) is 52.7 Å². The van der Waals surface area contributed by atoms with Crippen LogP contribution < -0.4 is 10.2 Å². The molecule has 0 aromatic heterocycles. The average Bonchev–Trinajstić information content (AvgIpc) is 3.01. The number of para-hydroxylation sites is 3. The number of benzene rings is 3. The normalized spacial score (nSPS) is 12.7. The molecule has 2 amide bonds. The van der Waals surface area contributed by atoms with Gasteiger partial charge in [0.15, 0.2) is 0 Å². The summed E-state index contributed by atoms with van der Waals surface area (Å²) in [5.74, 6) is -0.268. The molecule has 0 radical (unpaired) electrons. The molecule has 5 heteroatoms. The van der Waals surface area contributed by atoms with Gasteiger partial charge < -0.3 is 10.2 Å². The van der Waals surface area contributed by atoms with Gasteiger partial charge in [-0.2, -0.15) is 0 Å². The summed E-state index contributed by atoms with van der Waals surface area (Å²) < 4.78 is 0. The van der Waals surface area contributed by atoms with Crippen LogP contribution in [0.1, 0.15) is 54.6 Å². The molecule has 182 valence electrons. The van der Waals surface area contributed by atoms with Crippen molar-refractivity contribution in [1.82, 2.24) is 4.90 Å². The van der Waals surface area contributed by atoms with E-state index in [-0.39, 0.29) is 18.2 Å². The van der Waals surface area contributed by atoms with E-state index in [2.05, 4.69) is 48.3 Å². The Morgan fingerprint density at radius 3 is 2.20 bits per heavy atom. The lowest BCUT2D eigenvalue weighted by molar-refractivity contribution is -0.117. The fourth-order valence-electron chi connectivity index (χ4n) is 4.68. The van der Waals surface area contributed by atoms with E-state index in [1.165, 1.54) is 31.4 Å². The molecule has 0 unspecified atom stereocenters. The minimum Gasteiger partial charge on any atom is -0.320 e. The number of hydrogen-bond acceptors (Lipinski definition) is 3. The molecule has 0 saturated carbocycles. The first kappa shape index (κ1) is 24.7. The van der Waals surface area contributed by atoms with Crippen molar-refractivity contribution in [3.63, 3.8) is 0 Å². The van der Waals surface area contributed by atoms with E-state index in [0.29, 0.717) is 22.6 Å². The molecule has 0 bridgehead atoms. The third-order valence-electron chi connectivity index (χ3n) is 6.74. The number of hydrogen-bond donors (Lipinski definition) is 1. The van der Waals surface area contributed by atoms with E-state index in [1.54, 1.807) is 11.0 Å². The van der Waals surface area contributed by atoms with Crippen molar-refractivity contribution >= 4 is 28.9 Å². The molecule has 0 spiro atoms. The molecule has 1 aliphatic heterocycles. The Morgan fingerprint density at radius 1 is 0.800 bits per heavy atom. The van der Waals surface area contributed by atoms with Gasteiger partial charge in [-0.3, -0.25) is 14.5 Å². The molecule has 1 N–H and O–H groups in total. The second-order valence-electron chi connectivity index (χ2n) is 9.05. The van der Waals surface area contributed by atoms with Gasteiger partial charge >= 0.3 is 0 Å². The van der Waals surface area contributed by atoms with Gasteiger partial charge in [-0.15, -0.1) is 0 Å². The van der Waals surface area contributed by atoms with Crippen LogP contribution in [0.4, 0.5) is 17.1 Å². The first-order chi connectivity index (χ1) is 17.1. The summed E-state index contributed by atoms with van der Waals surface area (Å²) >= 11 is 0. The summed E-state index contributed by atoms with van der Waals surface area (Å²) in [4.78, 5) is 30.5. The molecule has 1 aliphatic rings. The molecule has 3 aromatic rings. The van der Waals surface area contributed by atoms with E-state index in [9.17, 15) is 9.59 Å². The minimum absolute atomic E-state index is 0.0643. The number of nitrogens with zero attached hydrogens (tertiary/aromatic N) is 2. The van der Waals surface area contributed by atoms with Crippen molar-refractivity contribution < 1.29 is 9.59 Å². The molecule has 0 atom stereocenters. The van der Waals surface area contributed by atoms with Crippen molar-refractivity contribution in [2.75, 3.05) is 29.9 Å². The van der Waals surface area contributed by atoms with Crippen LogP contribution >= 0.6 is 0 Å². The Morgan fingerprint density at radius 2 is 1.46 bits per heavy atom. The molecule has 3 aromatic carbocycles. The zero-order chi connectivity index (χ0) is 24.6. The Labute approximate surface area is 208 Å². The highest BCUT2D eigenvalue weighted by molar-refractivity contribution is 6.17. The molecule has 0 fully saturated rings. The van der Waals surface area contributed by atoms with Gasteiger partial charge in [0.1, 0.15) is 0 Å². The number of nitrogens with one attached hydrogen (secondary N) is 1. The van der Waals surface area contributed by atoms with Crippen LogP contribution in [-0.2, 0) is 17.6 Å². The van der Waals surface area contributed by atoms with Gasteiger partial charge in [0.05, 0.1) is 29.0 Å². The lowest BCUT2D eigenvalue weighted by Gasteiger charge is -2.24. The maximum Gasteiger partial charge on any atom is 0.257 e. The van der Waals surface area contributed by atoms with Crippen LogP contribution in [-0.4, -0.2) is 36.3 Å². The Hall–Kier alpha value is -3.44. The fraction of sp³-hybridized carbons (Fsp3) is 0.333. The second-order valence-corrected chi connectivity index (χ2v) is 9.05. The van der Waals surface area contributed by atoms with Gasteiger partial charge in [-0.1, -0.05) is 68.8 Å². The molecule has 1 heterocycles. The molecule has 0 saturated heterocycles. The predicted molar refractivity (Wildman–Crippen MR) is 143 cm³/mol. The van der Waals surface area contributed by atoms with Crippen molar-refractivity contribution in [2.45, 2.75) is 46.0 Å². The molecular weight excluding hydrogens is 434 g/mol. The fourth-order valence-corrected chi connectivity index (χ4v) is 4.68. The van der Waals surface area contributed by atoms with Crippen molar-refractivity contribution in [2.24, 2.45) is 0 Å². The minimum atomic E-state index is -0.204. The monoisotopic (exact) mass is 469 g/mol. The Balaban J connectivity index is 1.42. The number of anilines is 3. The van der Waals surface area contributed by atoms with Crippen molar-refractivity contribution in [3.8, 4) is 0 Å². The number of carbonyl (C=O) groups excluding carboxylic acids is 2. The Bertz CT molecular complexity index is 1150. The van der Waals surface area contributed by atoms with Gasteiger partial charge in [0.2, 0.25) is 5.91 Å². The number of amides is 2. The van der Waals surface area contributed by atoms with Gasteiger partial charge in [0, 0.05) is 0 Å². The van der Waals surface area contributed by atoms with E-state index in [4.69, 9.17) is 0 Å². The number of rotatable bonds is 10. The summed E-state index contributed by atoms with van der Waals surface area (Å²) in [7, 11) is 0. The van der Waals surface area contributed by atoms with Crippen LogP contribution in [0.5, 0.6) is 0 Å². The second kappa shape index (κ2) is 11.8. The van der Waals surface area contributed by atoms with E-state index >= 15 is 0 Å². The number of unbranched alkanes of at least 4 members (excludes halogenated alkanes) is 2. The summed E-state index contributed by atoms with van der Waals surface area (Å²) in [5, 5.41) is 2.94.